The Hall–Kier alpha value is -0.0800. The van der Waals surface area contributed by atoms with E-state index in [0.29, 0.717) is 5.41 Å². The molecular formula is C12H24N2. The summed E-state index contributed by atoms with van der Waals surface area (Å²) < 4.78 is 0. The second-order valence-corrected chi connectivity index (χ2v) is 5.99. The van der Waals surface area contributed by atoms with Gasteiger partial charge in [-0.2, -0.15) is 0 Å². The zero-order chi connectivity index (χ0) is 10.3. The van der Waals surface area contributed by atoms with E-state index >= 15 is 0 Å². The van der Waals surface area contributed by atoms with Gasteiger partial charge < -0.3 is 9.80 Å². The van der Waals surface area contributed by atoms with Crippen LogP contribution < -0.4 is 0 Å². The van der Waals surface area contributed by atoms with Crippen LogP contribution in [0.25, 0.3) is 0 Å². The Labute approximate surface area is 88.3 Å². The van der Waals surface area contributed by atoms with Gasteiger partial charge in [-0.15, -0.1) is 0 Å². The van der Waals surface area contributed by atoms with Gasteiger partial charge in [0.2, 0.25) is 0 Å². The molecule has 82 valence electrons. The lowest BCUT2D eigenvalue weighted by molar-refractivity contribution is 0.108. The monoisotopic (exact) mass is 196 g/mol. The van der Waals surface area contributed by atoms with E-state index in [-0.39, 0.29) is 0 Å². The predicted molar refractivity (Wildman–Crippen MR) is 60.4 cm³/mol. The summed E-state index contributed by atoms with van der Waals surface area (Å²) >= 11 is 0. The van der Waals surface area contributed by atoms with Gasteiger partial charge in [0, 0.05) is 12.6 Å². The van der Waals surface area contributed by atoms with Gasteiger partial charge in [-0.05, 0) is 51.4 Å². The summed E-state index contributed by atoms with van der Waals surface area (Å²) in [5.41, 5.74) is 0.459. The maximum Gasteiger partial charge on any atom is 0.0185 e. The van der Waals surface area contributed by atoms with Crippen LogP contribution in [-0.4, -0.2) is 49.6 Å². The van der Waals surface area contributed by atoms with Gasteiger partial charge in [-0.1, -0.05) is 13.8 Å². The Morgan fingerprint density at radius 2 is 1.71 bits per heavy atom. The summed E-state index contributed by atoms with van der Waals surface area (Å²) in [5.74, 6) is 0.944. The molecule has 0 amide bonds. The number of hydrogen-bond donors (Lipinski definition) is 0. The van der Waals surface area contributed by atoms with Gasteiger partial charge in [0.15, 0.2) is 0 Å². The lowest BCUT2D eigenvalue weighted by atomic mass is 9.78. The van der Waals surface area contributed by atoms with Gasteiger partial charge in [0.25, 0.3) is 0 Å². The quantitative estimate of drug-likeness (QED) is 0.581. The van der Waals surface area contributed by atoms with E-state index in [1.54, 1.807) is 0 Å². The molecule has 0 aromatic carbocycles. The van der Waals surface area contributed by atoms with E-state index in [2.05, 4.69) is 37.7 Å². The van der Waals surface area contributed by atoms with Crippen LogP contribution in [0.15, 0.2) is 0 Å². The molecule has 2 heterocycles. The second kappa shape index (κ2) is 3.49. The second-order valence-electron chi connectivity index (χ2n) is 5.99. The Balaban J connectivity index is 2.21. The molecule has 2 unspecified atom stereocenters. The zero-order valence-corrected chi connectivity index (χ0v) is 10.1. The summed E-state index contributed by atoms with van der Waals surface area (Å²) in [5, 5.41) is 0. The van der Waals surface area contributed by atoms with Gasteiger partial charge in [0.05, 0.1) is 0 Å². The molecule has 0 saturated carbocycles. The van der Waals surface area contributed by atoms with E-state index < -0.39 is 0 Å². The number of hydrogen-bond acceptors (Lipinski definition) is 2. The first-order valence-corrected chi connectivity index (χ1v) is 5.89. The summed E-state index contributed by atoms with van der Waals surface area (Å²) in [4.78, 5) is 5.09. The number of fused-ring (bicyclic) bond motifs is 1. The van der Waals surface area contributed by atoms with Crippen molar-refractivity contribution in [2.45, 2.75) is 32.7 Å². The van der Waals surface area contributed by atoms with Crippen LogP contribution in [0, 0.1) is 11.3 Å². The third-order valence-electron chi connectivity index (χ3n) is 4.13. The van der Waals surface area contributed by atoms with E-state index in [1.807, 2.05) is 0 Å². The molecule has 2 heteroatoms. The van der Waals surface area contributed by atoms with Gasteiger partial charge in [-0.3, -0.25) is 0 Å². The fraction of sp³-hybridized carbons (Fsp3) is 1.00. The molecule has 2 nitrogen and oxygen atoms in total. The van der Waals surface area contributed by atoms with E-state index in [4.69, 9.17) is 0 Å². The number of likely N-dealkylation sites (tertiary alicyclic amines) is 2. The van der Waals surface area contributed by atoms with Gasteiger partial charge >= 0.3 is 0 Å². The highest BCUT2D eigenvalue weighted by molar-refractivity contribution is 4.98. The molecule has 0 aliphatic carbocycles. The maximum atomic E-state index is 2.59. The van der Waals surface area contributed by atoms with E-state index in [9.17, 15) is 0 Å². The molecule has 0 spiro atoms. The molecule has 0 aromatic heterocycles. The highest BCUT2D eigenvalue weighted by Crippen LogP contribution is 2.40. The molecule has 0 bridgehead atoms. The molecule has 2 atom stereocenters. The zero-order valence-electron chi connectivity index (χ0n) is 10.1. The topological polar surface area (TPSA) is 6.48 Å². The van der Waals surface area contributed by atoms with Crippen molar-refractivity contribution >= 4 is 0 Å². The molecule has 2 aliphatic rings. The van der Waals surface area contributed by atoms with Crippen molar-refractivity contribution in [3.63, 3.8) is 0 Å². The predicted octanol–water partition coefficient (Wildman–Crippen LogP) is 1.67. The average molecular weight is 196 g/mol. The summed E-state index contributed by atoms with van der Waals surface area (Å²) in [6.45, 7) is 8.72. The molecule has 2 saturated heterocycles. The molecular weight excluding hydrogens is 172 g/mol. The smallest absolute Gasteiger partial charge is 0.0185 e. The van der Waals surface area contributed by atoms with Crippen molar-refractivity contribution in [1.82, 2.24) is 9.80 Å². The average Bonchev–Trinajstić information content (AvgIpc) is 2.37. The SMILES string of the molecule is CN1CCC2CCN(C)C2C(C)(C)C1. The van der Waals surface area contributed by atoms with Crippen LogP contribution in [0.3, 0.4) is 0 Å². The normalized spacial score (nSPS) is 39.4. The van der Waals surface area contributed by atoms with E-state index in [0.717, 1.165) is 12.0 Å². The molecule has 2 rings (SSSR count). The summed E-state index contributed by atoms with van der Waals surface area (Å²) in [6, 6.07) is 0.812. The first-order valence-electron chi connectivity index (χ1n) is 5.89. The Morgan fingerprint density at radius 1 is 1.07 bits per heavy atom. The van der Waals surface area contributed by atoms with Crippen molar-refractivity contribution in [3.8, 4) is 0 Å². The molecule has 14 heavy (non-hydrogen) atoms. The van der Waals surface area contributed by atoms with Crippen LogP contribution in [0.2, 0.25) is 0 Å². The minimum Gasteiger partial charge on any atom is -0.306 e. The Bertz CT molecular complexity index is 212. The first-order chi connectivity index (χ1) is 6.50. The van der Waals surface area contributed by atoms with Gasteiger partial charge in [-0.25, -0.2) is 0 Å². The molecule has 0 aromatic rings. The van der Waals surface area contributed by atoms with Crippen molar-refractivity contribution in [2.24, 2.45) is 11.3 Å². The third kappa shape index (κ3) is 1.70. The Kier molecular flexibility index (Phi) is 2.61. The van der Waals surface area contributed by atoms with Crippen LogP contribution in [0.5, 0.6) is 0 Å². The number of rotatable bonds is 0. The third-order valence-corrected chi connectivity index (χ3v) is 4.13. The number of nitrogens with zero attached hydrogens (tertiary/aromatic N) is 2. The molecule has 2 fully saturated rings. The summed E-state index contributed by atoms with van der Waals surface area (Å²) in [6.07, 6.45) is 2.81. The van der Waals surface area contributed by atoms with E-state index in [1.165, 1.54) is 32.5 Å². The highest BCUT2D eigenvalue weighted by atomic mass is 15.2. The standard InChI is InChI=1S/C12H24N2/c1-12(2)9-13(3)7-5-10-6-8-14(4)11(10)12/h10-11H,5-9H2,1-4H3. The lowest BCUT2D eigenvalue weighted by Gasteiger charge is -2.38. The van der Waals surface area contributed by atoms with Crippen molar-refractivity contribution < 1.29 is 0 Å². The lowest BCUT2D eigenvalue weighted by Crippen LogP contribution is -2.45. The maximum absolute atomic E-state index is 2.59. The van der Waals surface area contributed by atoms with Crippen molar-refractivity contribution in [2.75, 3.05) is 33.7 Å². The van der Waals surface area contributed by atoms with Crippen LogP contribution in [-0.2, 0) is 0 Å². The molecule has 2 aliphatic heterocycles. The fourth-order valence-electron chi connectivity index (χ4n) is 3.82. The van der Waals surface area contributed by atoms with Crippen LogP contribution >= 0.6 is 0 Å². The minimum atomic E-state index is 0.459. The first kappa shape index (κ1) is 10.4. The highest BCUT2D eigenvalue weighted by Gasteiger charge is 2.44. The van der Waals surface area contributed by atoms with Crippen LogP contribution in [0.4, 0.5) is 0 Å². The van der Waals surface area contributed by atoms with Gasteiger partial charge in [0.1, 0.15) is 0 Å². The van der Waals surface area contributed by atoms with Crippen LogP contribution in [0.1, 0.15) is 26.7 Å². The fourth-order valence-corrected chi connectivity index (χ4v) is 3.82. The molecule has 0 radical (unpaired) electrons. The van der Waals surface area contributed by atoms with Crippen molar-refractivity contribution in [1.29, 1.82) is 0 Å². The minimum absolute atomic E-state index is 0.459. The Morgan fingerprint density at radius 3 is 2.43 bits per heavy atom. The summed E-state index contributed by atoms with van der Waals surface area (Å²) in [7, 11) is 4.57. The largest absolute Gasteiger partial charge is 0.306 e. The van der Waals surface area contributed by atoms with Crippen molar-refractivity contribution in [3.05, 3.63) is 0 Å². The molecule has 0 N–H and O–H groups in total.